The van der Waals surface area contributed by atoms with Crippen LogP contribution < -0.4 is 10.5 Å². The van der Waals surface area contributed by atoms with Gasteiger partial charge < -0.3 is 5.73 Å². The zero-order chi connectivity index (χ0) is 18.2. The fraction of sp³-hybridized carbons (Fsp3) is 0.176. The smallest absolute Gasteiger partial charge is 0.302 e. The zero-order valence-corrected chi connectivity index (χ0v) is 15.0. The number of nitrogens with zero attached hydrogens (tertiary/aromatic N) is 3. The van der Waals surface area contributed by atoms with Crippen LogP contribution in [0.4, 0.5) is 11.5 Å². The van der Waals surface area contributed by atoms with Crippen molar-refractivity contribution < 1.29 is 8.42 Å². The monoisotopic (exact) mass is 357 g/mol. The molecule has 25 heavy (non-hydrogen) atoms. The Kier molecular flexibility index (Phi) is 4.32. The minimum absolute atomic E-state index is 0.237. The largest absolute Gasteiger partial charge is 0.398 e. The highest BCUT2D eigenvalue weighted by Gasteiger charge is 2.14. The van der Waals surface area contributed by atoms with Gasteiger partial charge in [-0.1, -0.05) is 0 Å². The van der Waals surface area contributed by atoms with E-state index in [0.717, 1.165) is 31.8 Å². The molecule has 0 aliphatic rings. The topological polar surface area (TPSA) is 101 Å². The highest BCUT2D eigenvalue weighted by atomic mass is 32.2. The van der Waals surface area contributed by atoms with E-state index in [9.17, 15) is 8.42 Å². The number of aromatic nitrogens is 2. The number of anilines is 2. The number of hydrogen-bond donors (Lipinski definition) is 2. The van der Waals surface area contributed by atoms with Gasteiger partial charge in [0, 0.05) is 49.3 Å². The van der Waals surface area contributed by atoms with Crippen molar-refractivity contribution in [1.29, 1.82) is 0 Å². The number of fused-ring (bicyclic) bond motifs is 1. The predicted octanol–water partition coefficient (Wildman–Crippen LogP) is 2.41. The minimum Gasteiger partial charge on any atom is -0.398 e. The number of nitrogen functional groups attached to an aromatic ring is 1. The third-order valence-electron chi connectivity index (χ3n) is 3.93. The van der Waals surface area contributed by atoms with E-state index in [0.29, 0.717) is 5.69 Å². The molecule has 0 saturated carbocycles. The average molecular weight is 357 g/mol. The van der Waals surface area contributed by atoms with Crippen LogP contribution in [-0.4, -0.2) is 36.8 Å². The van der Waals surface area contributed by atoms with E-state index < -0.39 is 10.2 Å². The quantitative estimate of drug-likeness (QED) is 0.698. The molecule has 8 heteroatoms. The first-order chi connectivity index (χ1) is 11.8. The Morgan fingerprint density at radius 1 is 1.16 bits per heavy atom. The number of nitrogens with two attached hydrogens (primary N) is 1. The number of benzene rings is 1. The summed E-state index contributed by atoms with van der Waals surface area (Å²) < 4.78 is 27.5. The summed E-state index contributed by atoms with van der Waals surface area (Å²) in [7, 11) is -0.721. The number of aryl methyl sites for hydroxylation is 1. The van der Waals surface area contributed by atoms with Gasteiger partial charge in [0.25, 0.3) is 0 Å². The van der Waals surface area contributed by atoms with Crippen LogP contribution in [0.5, 0.6) is 0 Å². The van der Waals surface area contributed by atoms with Gasteiger partial charge in [0.05, 0.1) is 0 Å². The third-order valence-corrected chi connectivity index (χ3v) is 5.36. The van der Waals surface area contributed by atoms with Crippen LogP contribution in [0.25, 0.3) is 21.9 Å². The first-order valence-corrected chi connectivity index (χ1v) is 9.02. The predicted molar refractivity (Wildman–Crippen MR) is 100 cm³/mol. The summed E-state index contributed by atoms with van der Waals surface area (Å²) in [6, 6.07) is 7.42. The molecule has 0 radical (unpaired) electrons. The molecular formula is C17H19N5O2S. The summed E-state index contributed by atoms with van der Waals surface area (Å²) in [6.45, 7) is 2.00. The van der Waals surface area contributed by atoms with Crippen LogP contribution in [0.1, 0.15) is 5.56 Å². The number of pyridine rings is 2. The minimum atomic E-state index is -3.62. The van der Waals surface area contributed by atoms with Crippen molar-refractivity contribution in [1.82, 2.24) is 14.3 Å². The first kappa shape index (κ1) is 17.1. The van der Waals surface area contributed by atoms with Crippen molar-refractivity contribution in [3.8, 4) is 11.1 Å². The first-order valence-electron chi connectivity index (χ1n) is 7.58. The van der Waals surface area contributed by atoms with Crippen molar-refractivity contribution in [2.45, 2.75) is 6.92 Å². The van der Waals surface area contributed by atoms with Gasteiger partial charge in [-0.15, -0.1) is 0 Å². The summed E-state index contributed by atoms with van der Waals surface area (Å²) >= 11 is 0. The standard InChI is InChI=1S/C17H19N5O2S/c1-11-4-5-19-9-14(11)12-6-13-8-17(21-25(23,24)22(2)3)20-10-15(13)16(18)7-12/h4-10H,18H2,1-3H3,(H,20,21). The molecule has 2 aromatic heterocycles. The molecule has 0 bridgehead atoms. The Hall–Kier alpha value is -2.71. The lowest BCUT2D eigenvalue weighted by molar-refractivity contribution is 0.526. The maximum absolute atomic E-state index is 12.0. The average Bonchev–Trinajstić information content (AvgIpc) is 2.54. The fourth-order valence-corrected chi connectivity index (χ4v) is 3.05. The maximum Gasteiger partial charge on any atom is 0.302 e. The summed E-state index contributed by atoms with van der Waals surface area (Å²) in [5, 5.41) is 1.56. The molecule has 0 amide bonds. The van der Waals surface area contributed by atoms with E-state index in [4.69, 9.17) is 5.73 Å². The van der Waals surface area contributed by atoms with Crippen molar-refractivity contribution in [2.75, 3.05) is 24.6 Å². The van der Waals surface area contributed by atoms with Gasteiger partial charge in [0.15, 0.2) is 0 Å². The van der Waals surface area contributed by atoms with Crippen LogP contribution in [0.2, 0.25) is 0 Å². The Morgan fingerprint density at radius 2 is 1.92 bits per heavy atom. The second-order valence-electron chi connectivity index (χ2n) is 5.94. The van der Waals surface area contributed by atoms with E-state index in [1.165, 1.54) is 14.1 Å². The van der Waals surface area contributed by atoms with Crippen molar-refractivity contribution in [2.24, 2.45) is 0 Å². The summed E-state index contributed by atoms with van der Waals surface area (Å²) in [5.74, 6) is 0.237. The Balaban J connectivity index is 2.11. The molecule has 0 spiro atoms. The molecule has 0 aliphatic heterocycles. The van der Waals surface area contributed by atoms with Crippen molar-refractivity contribution in [3.05, 3.63) is 48.4 Å². The van der Waals surface area contributed by atoms with Gasteiger partial charge in [-0.2, -0.15) is 12.7 Å². The van der Waals surface area contributed by atoms with Crippen LogP contribution in [0, 0.1) is 6.92 Å². The fourth-order valence-electron chi connectivity index (χ4n) is 2.49. The van der Waals surface area contributed by atoms with E-state index in [1.54, 1.807) is 24.7 Å². The maximum atomic E-state index is 12.0. The second kappa shape index (κ2) is 6.30. The highest BCUT2D eigenvalue weighted by Crippen LogP contribution is 2.31. The molecule has 0 fully saturated rings. The number of hydrogen-bond acceptors (Lipinski definition) is 5. The molecule has 1 aromatic carbocycles. The lowest BCUT2D eigenvalue weighted by atomic mass is 9.99. The number of nitrogens with one attached hydrogen (secondary N) is 1. The Morgan fingerprint density at radius 3 is 2.60 bits per heavy atom. The highest BCUT2D eigenvalue weighted by molar-refractivity contribution is 7.90. The van der Waals surface area contributed by atoms with Gasteiger partial charge in [-0.25, -0.2) is 4.98 Å². The molecule has 3 rings (SSSR count). The van der Waals surface area contributed by atoms with E-state index >= 15 is 0 Å². The van der Waals surface area contributed by atoms with Crippen LogP contribution in [0.3, 0.4) is 0 Å². The molecule has 2 heterocycles. The van der Waals surface area contributed by atoms with Crippen molar-refractivity contribution in [3.63, 3.8) is 0 Å². The van der Waals surface area contributed by atoms with E-state index in [2.05, 4.69) is 14.7 Å². The number of rotatable bonds is 4. The third kappa shape index (κ3) is 3.40. The van der Waals surface area contributed by atoms with Gasteiger partial charge in [0.2, 0.25) is 0 Å². The Labute approximate surface area is 146 Å². The summed E-state index contributed by atoms with van der Waals surface area (Å²) in [6.07, 6.45) is 5.09. The van der Waals surface area contributed by atoms with Gasteiger partial charge in [-0.05, 0) is 47.7 Å². The lowest BCUT2D eigenvalue weighted by Gasteiger charge is -2.14. The van der Waals surface area contributed by atoms with Gasteiger partial charge in [0.1, 0.15) is 5.82 Å². The van der Waals surface area contributed by atoms with Gasteiger partial charge >= 0.3 is 10.2 Å². The van der Waals surface area contributed by atoms with Crippen LogP contribution in [-0.2, 0) is 10.2 Å². The summed E-state index contributed by atoms with van der Waals surface area (Å²) in [5.41, 5.74) is 9.71. The molecular weight excluding hydrogens is 338 g/mol. The van der Waals surface area contributed by atoms with Crippen LogP contribution in [0.15, 0.2) is 42.9 Å². The molecule has 0 saturated heterocycles. The molecule has 0 unspecified atom stereocenters. The van der Waals surface area contributed by atoms with E-state index in [1.807, 2.05) is 25.1 Å². The van der Waals surface area contributed by atoms with Gasteiger partial charge in [-0.3, -0.25) is 9.71 Å². The SMILES string of the molecule is Cc1ccncc1-c1cc(N)c2cnc(NS(=O)(=O)N(C)C)cc2c1. The molecule has 3 aromatic rings. The van der Waals surface area contributed by atoms with E-state index in [-0.39, 0.29) is 5.82 Å². The molecule has 130 valence electrons. The molecule has 3 N–H and O–H groups in total. The summed E-state index contributed by atoms with van der Waals surface area (Å²) in [4.78, 5) is 8.31. The van der Waals surface area contributed by atoms with Crippen molar-refractivity contribution >= 4 is 32.5 Å². The molecule has 0 aliphatic carbocycles. The lowest BCUT2D eigenvalue weighted by Crippen LogP contribution is -2.29. The second-order valence-corrected chi connectivity index (χ2v) is 7.82. The molecule has 0 atom stereocenters. The Bertz CT molecular complexity index is 1050. The zero-order valence-electron chi connectivity index (χ0n) is 14.2. The molecule has 7 nitrogen and oxygen atoms in total. The normalized spacial score (nSPS) is 11.8. The van der Waals surface area contributed by atoms with Crippen LogP contribution >= 0.6 is 0 Å².